The third-order valence-corrected chi connectivity index (χ3v) is 1.98. The summed E-state index contributed by atoms with van der Waals surface area (Å²) >= 11 is 0. The van der Waals surface area contributed by atoms with Crippen molar-refractivity contribution in [1.82, 2.24) is 15.2 Å². The lowest BCUT2D eigenvalue weighted by Crippen LogP contribution is -1.81. The number of aryl methyl sites for hydroxylation is 1. The van der Waals surface area contributed by atoms with E-state index < -0.39 is 0 Å². The first-order chi connectivity index (χ1) is 6.79. The van der Waals surface area contributed by atoms with Crippen LogP contribution < -0.4 is 0 Å². The summed E-state index contributed by atoms with van der Waals surface area (Å²) in [6.45, 7) is 5.61. The van der Waals surface area contributed by atoms with E-state index >= 15 is 0 Å². The van der Waals surface area contributed by atoms with Crippen LogP contribution in [0.1, 0.15) is 11.4 Å². The van der Waals surface area contributed by atoms with Crippen LogP contribution in [0, 0.1) is 6.92 Å². The predicted molar refractivity (Wildman–Crippen MR) is 56.6 cm³/mol. The molecule has 0 spiro atoms. The predicted octanol–water partition coefficient (Wildman–Crippen LogP) is 2.42. The average molecular weight is 185 g/mol. The SMILES string of the molecule is C=Cc1cccc(-c2n[nH]c(C)n2)c1. The van der Waals surface area contributed by atoms with Crippen molar-refractivity contribution in [1.29, 1.82) is 0 Å². The minimum absolute atomic E-state index is 0.728. The van der Waals surface area contributed by atoms with E-state index in [0.29, 0.717) is 0 Å². The van der Waals surface area contributed by atoms with Gasteiger partial charge < -0.3 is 0 Å². The van der Waals surface area contributed by atoms with Gasteiger partial charge in [0.15, 0.2) is 5.82 Å². The summed E-state index contributed by atoms with van der Waals surface area (Å²) in [5.74, 6) is 1.55. The van der Waals surface area contributed by atoms with Gasteiger partial charge in [-0.2, -0.15) is 5.10 Å². The van der Waals surface area contributed by atoms with Gasteiger partial charge in [0.2, 0.25) is 0 Å². The highest BCUT2D eigenvalue weighted by Crippen LogP contribution is 2.16. The van der Waals surface area contributed by atoms with Gasteiger partial charge in [-0.15, -0.1) is 0 Å². The van der Waals surface area contributed by atoms with Crippen molar-refractivity contribution in [3.8, 4) is 11.4 Å². The molecule has 14 heavy (non-hydrogen) atoms. The number of hydrogen-bond donors (Lipinski definition) is 1. The number of nitrogens with zero attached hydrogens (tertiary/aromatic N) is 2. The Kier molecular flexibility index (Phi) is 2.14. The van der Waals surface area contributed by atoms with E-state index in [9.17, 15) is 0 Å². The van der Waals surface area contributed by atoms with E-state index in [-0.39, 0.29) is 0 Å². The third-order valence-electron chi connectivity index (χ3n) is 1.98. The van der Waals surface area contributed by atoms with Crippen LogP contribution in [0.5, 0.6) is 0 Å². The molecule has 0 amide bonds. The molecule has 2 rings (SSSR count). The zero-order chi connectivity index (χ0) is 9.97. The lowest BCUT2D eigenvalue weighted by atomic mass is 10.1. The molecule has 3 nitrogen and oxygen atoms in total. The normalized spacial score (nSPS) is 10.1. The molecule has 0 unspecified atom stereocenters. The molecule has 1 heterocycles. The van der Waals surface area contributed by atoms with Gasteiger partial charge >= 0.3 is 0 Å². The molecule has 3 heteroatoms. The molecule has 0 radical (unpaired) electrons. The average Bonchev–Trinajstić information content (AvgIpc) is 2.65. The topological polar surface area (TPSA) is 41.6 Å². The molecular weight excluding hydrogens is 174 g/mol. The first kappa shape index (κ1) is 8.69. The lowest BCUT2D eigenvalue weighted by Gasteiger charge is -1.96. The minimum atomic E-state index is 0.728. The molecule has 0 saturated carbocycles. The van der Waals surface area contributed by atoms with Crippen LogP contribution in [0.25, 0.3) is 17.5 Å². The summed E-state index contributed by atoms with van der Waals surface area (Å²) in [4.78, 5) is 4.26. The zero-order valence-corrected chi connectivity index (χ0v) is 7.99. The molecule has 2 aromatic rings. The van der Waals surface area contributed by atoms with Gasteiger partial charge in [-0.05, 0) is 18.6 Å². The van der Waals surface area contributed by atoms with Crippen molar-refractivity contribution >= 4 is 6.08 Å². The second-order valence-electron chi connectivity index (χ2n) is 3.07. The van der Waals surface area contributed by atoms with Crippen molar-refractivity contribution < 1.29 is 0 Å². The highest BCUT2D eigenvalue weighted by atomic mass is 15.2. The lowest BCUT2D eigenvalue weighted by molar-refractivity contribution is 1.04. The fourth-order valence-electron chi connectivity index (χ4n) is 1.28. The van der Waals surface area contributed by atoms with E-state index in [4.69, 9.17) is 0 Å². The van der Waals surface area contributed by atoms with Crippen LogP contribution in [0.2, 0.25) is 0 Å². The number of aromatic nitrogens is 3. The molecule has 0 aliphatic rings. The summed E-state index contributed by atoms with van der Waals surface area (Å²) in [7, 11) is 0. The molecule has 0 atom stereocenters. The third kappa shape index (κ3) is 1.57. The number of nitrogens with one attached hydrogen (secondary N) is 1. The maximum absolute atomic E-state index is 4.26. The van der Waals surface area contributed by atoms with E-state index in [1.165, 1.54) is 0 Å². The Labute approximate surface area is 82.5 Å². The smallest absolute Gasteiger partial charge is 0.181 e. The van der Waals surface area contributed by atoms with Gasteiger partial charge in [0.1, 0.15) is 5.82 Å². The number of benzene rings is 1. The van der Waals surface area contributed by atoms with E-state index in [2.05, 4.69) is 21.8 Å². The van der Waals surface area contributed by atoms with E-state index in [1.54, 1.807) is 0 Å². The Morgan fingerprint density at radius 2 is 2.29 bits per heavy atom. The maximum atomic E-state index is 4.26. The van der Waals surface area contributed by atoms with Crippen LogP contribution >= 0.6 is 0 Å². The molecule has 70 valence electrons. The Balaban J connectivity index is 2.46. The molecule has 0 aliphatic carbocycles. The Morgan fingerprint density at radius 3 is 2.93 bits per heavy atom. The minimum Gasteiger partial charge on any atom is -0.263 e. The summed E-state index contributed by atoms with van der Waals surface area (Å²) < 4.78 is 0. The summed E-state index contributed by atoms with van der Waals surface area (Å²) in [5, 5.41) is 6.91. The van der Waals surface area contributed by atoms with Crippen molar-refractivity contribution in [2.24, 2.45) is 0 Å². The maximum Gasteiger partial charge on any atom is 0.181 e. The fraction of sp³-hybridized carbons (Fsp3) is 0.0909. The van der Waals surface area contributed by atoms with Gasteiger partial charge in [-0.1, -0.05) is 30.9 Å². The van der Waals surface area contributed by atoms with Gasteiger partial charge in [-0.3, -0.25) is 5.10 Å². The second-order valence-corrected chi connectivity index (χ2v) is 3.07. The van der Waals surface area contributed by atoms with Crippen LogP contribution in [0.15, 0.2) is 30.8 Å². The highest BCUT2D eigenvalue weighted by Gasteiger charge is 2.02. The summed E-state index contributed by atoms with van der Waals surface area (Å²) in [5.41, 5.74) is 2.08. The molecule has 1 N–H and O–H groups in total. The van der Waals surface area contributed by atoms with Crippen LogP contribution in [-0.2, 0) is 0 Å². The Bertz CT molecular complexity index is 457. The molecule has 0 fully saturated rings. The second kappa shape index (κ2) is 3.46. The van der Waals surface area contributed by atoms with Crippen molar-refractivity contribution in [2.75, 3.05) is 0 Å². The molecule has 0 bridgehead atoms. The number of rotatable bonds is 2. The van der Waals surface area contributed by atoms with Gasteiger partial charge in [-0.25, -0.2) is 4.98 Å². The number of H-pyrrole nitrogens is 1. The summed E-state index contributed by atoms with van der Waals surface area (Å²) in [6.07, 6.45) is 1.81. The van der Waals surface area contributed by atoms with Crippen molar-refractivity contribution in [3.63, 3.8) is 0 Å². The number of aromatic amines is 1. The Hall–Kier alpha value is -1.90. The number of hydrogen-bond acceptors (Lipinski definition) is 2. The molecule has 1 aromatic carbocycles. The summed E-state index contributed by atoms with van der Waals surface area (Å²) in [6, 6.07) is 7.96. The molecule has 1 aromatic heterocycles. The monoisotopic (exact) mass is 185 g/mol. The Morgan fingerprint density at radius 1 is 1.43 bits per heavy atom. The van der Waals surface area contributed by atoms with Crippen molar-refractivity contribution in [2.45, 2.75) is 6.92 Å². The highest BCUT2D eigenvalue weighted by molar-refractivity contribution is 5.61. The van der Waals surface area contributed by atoms with Gasteiger partial charge in [0.05, 0.1) is 0 Å². The van der Waals surface area contributed by atoms with Crippen LogP contribution in [0.3, 0.4) is 0 Å². The van der Waals surface area contributed by atoms with E-state index in [0.717, 1.165) is 22.8 Å². The fourth-order valence-corrected chi connectivity index (χ4v) is 1.28. The van der Waals surface area contributed by atoms with Gasteiger partial charge in [0.25, 0.3) is 0 Å². The largest absolute Gasteiger partial charge is 0.263 e. The first-order valence-corrected chi connectivity index (χ1v) is 4.41. The van der Waals surface area contributed by atoms with Crippen LogP contribution in [-0.4, -0.2) is 15.2 Å². The quantitative estimate of drug-likeness (QED) is 0.780. The molecule has 0 saturated heterocycles. The first-order valence-electron chi connectivity index (χ1n) is 4.41. The van der Waals surface area contributed by atoms with Crippen molar-refractivity contribution in [3.05, 3.63) is 42.2 Å². The standard InChI is InChI=1S/C11H11N3/c1-3-9-5-4-6-10(7-9)11-12-8(2)13-14-11/h3-7H,1H2,2H3,(H,12,13,14). The van der Waals surface area contributed by atoms with E-state index in [1.807, 2.05) is 37.3 Å². The van der Waals surface area contributed by atoms with Crippen LogP contribution in [0.4, 0.5) is 0 Å². The molecule has 0 aliphatic heterocycles. The zero-order valence-electron chi connectivity index (χ0n) is 7.99. The molecular formula is C11H11N3. The van der Waals surface area contributed by atoms with Gasteiger partial charge in [0, 0.05) is 5.56 Å².